The Hall–Kier alpha value is -2.53. The van der Waals surface area contributed by atoms with Crippen molar-refractivity contribution in [3.8, 4) is 5.75 Å². The maximum absolute atomic E-state index is 13.0. The molecule has 2 unspecified atom stereocenters. The number of ether oxygens (including phenoxy) is 1. The highest BCUT2D eigenvalue weighted by molar-refractivity contribution is 6.31. The maximum Gasteiger partial charge on any atom is 0.257 e. The molecule has 2 amide bonds. The summed E-state index contributed by atoms with van der Waals surface area (Å²) in [6.07, 6.45) is 1.62. The number of hydrogen-bond acceptors (Lipinski definition) is 3. The topological polar surface area (TPSA) is 49.9 Å². The summed E-state index contributed by atoms with van der Waals surface area (Å²) >= 11 is 6.30. The van der Waals surface area contributed by atoms with E-state index in [0.29, 0.717) is 37.5 Å². The summed E-state index contributed by atoms with van der Waals surface area (Å²) in [5, 5.41) is 0.734. The number of carbonyl (C=O) groups excluding carboxylic acids is 2. The van der Waals surface area contributed by atoms with Gasteiger partial charge >= 0.3 is 0 Å². The molecule has 1 aliphatic heterocycles. The second-order valence-electron chi connectivity index (χ2n) is 7.64. The first kappa shape index (κ1) is 19.8. The average molecular weight is 413 g/mol. The number of nitrogens with zero attached hydrogens (tertiary/aromatic N) is 2. The lowest BCUT2D eigenvalue weighted by Crippen LogP contribution is -2.38. The van der Waals surface area contributed by atoms with Gasteiger partial charge in [-0.15, -0.1) is 0 Å². The van der Waals surface area contributed by atoms with Crippen molar-refractivity contribution < 1.29 is 14.3 Å². The van der Waals surface area contributed by atoms with Gasteiger partial charge in [-0.25, -0.2) is 0 Å². The fraction of sp³-hybridized carbons (Fsp3) is 0.391. The van der Waals surface area contributed by atoms with Crippen LogP contribution in [0.1, 0.15) is 34.7 Å². The van der Waals surface area contributed by atoms with Crippen LogP contribution in [0.4, 0.5) is 0 Å². The van der Waals surface area contributed by atoms with Gasteiger partial charge in [0.2, 0.25) is 5.91 Å². The summed E-state index contributed by atoms with van der Waals surface area (Å²) in [5.74, 6) is 0.936. The van der Waals surface area contributed by atoms with Gasteiger partial charge in [0, 0.05) is 37.1 Å². The monoisotopic (exact) mass is 412 g/mol. The summed E-state index contributed by atoms with van der Waals surface area (Å²) in [4.78, 5) is 29.7. The van der Waals surface area contributed by atoms with Crippen molar-refractivity contribution in [3.05, 3.63) is 64.7 Å². The molecule has 29 heavy (non-hydrogen) atoms. The number of rotatable bonds is 4. The molecule has 2 atom stereocenters. The van der Waals surface area contributed by atoms with Gasteiger partial charge in [-0.3, -0.25) is 9.59 Å². The van der Waals surface area contributed by atoms with Gasteiger partial charge < -0.3 is 14.5 Å². The third kappa shape index (κ3) is 4.10. The Morgan fingerprint density at radius 2 is 1.66 bits per heavy atom. The number of carbonyl (C=O) groups is 2. The Kier molecular flexibility index (Phi) is 5.76. The Bertz CT molecular complexity index is 917. The van der Waals surface area contributed by atoms with E-state index in [1.165, 1.54) is 0 Å². The van der Waals surface area contributed by atoms with Crippen molar-refractivity contribution in [2.75, 3.05) is 33.3 Å². The zero-order valence-corrected chi connectivity index (χ0v) is 17.3. The van der Waals surface area contributed by atoms with E-state index in [1.807, 2.05) is 46.2 Å². The third-order valence-corrected chi connectivity index (χ3v) is 6.19. The zero-order chi connectivity index (χ0) is 20.4. The molecule has 0 bridgehead atoms. The molecule has 2 aliphatic rings. The molecular weight excluding hydrogens is 388 g/mol. The van der Waals surface area contributed by atoms with E-state index in [4.69, 9.17) is 16.3 Å². The van der Waals surface area contributed by atoms with E-state index in [9.17, 15) is 9.59 Å². The third-order valence-electron chi connectivity index (χ3n) is 5.84. The first-order valence-corrected chi connectivity index (χ1v) is 10.4. The van der Waals surface area contributed by atoms with Crippen LogP contribution in [0, 0.1) is 5.92 Å². The fourth-order valence-electron chi connectivity index (χ4n) is 4.15. The van der Waals surface area contributed by atoms with Gasteiger partial charge in [-0.2, -0.15) is 0 Å². The molecular formula is C23H25ClN2O3. The number of amides is 2. The molecule has 5 nitrogen and oxygen atoms in total. The van der Waals surface area contributed by atoms with Gasteiger partial charge in [-0.1, -0.05) is 41.9 Å². The highest BCUT2D eigenvalue weighted by atomic mass is 35.5. The fourth-order valence-corrected chi connectivity index (χ4v) is 4.43. The number of benzene rings is 2. The predicted octanol–water partition coefficient (Wildman–Crippen LogP) is 3.83. The molecule has 0 spiro atoms. The highest BCUT2D eigenvalue weighted by Crippen LogP contribution is 2.50. The van der Waals surface area contributed by atoms with Crippen LogP contribution in [0.2, 0.25) is 5.02 Å². The summed E-state index contributed by atoms with van der Waals surface area (Å²) in [6.45, 7) is 2.41. The van der Waals surface area contributed by atoms with E-state index in [0.717, 1.165) is 23.4 Å². The first-order chi connectivity index (χ1) is 14.1. The molecule has 2 aromatic rings. The SMILES string of the molecule is COc1ccccc1C(=O)N1CCCN(C(=O)C2CC2c2ccccc2Cl)CC1. The van der Waals surface area contributed by atoms with E-state index in [1.54, 1.807) is 19.2 Å². The lowest BCUT2D eigenvalue weighted by atomic mass is 10.1. The van der Waals surface area contributed by atoms with Crippen LogP contribution in [0.25, 0.3) is 0 Å². The standard InChI is InChI=1S/C23H25ClN2O3/c1-29-21-10-5-3-8-17(21)22(27)25-11-6-12-26(14-13-25)23(28)19-15-18(19)16-7-2-4-9-20(16)24/h2-5,7-10,18-19H,6,11-15H2,1H3. The number of para-hydroxylation sites is 1. The number of halogens is 1. The van der Waals surface area contributed by atoms with Crippen LogP contribution < -0.4 is 4.74 Å². The highest BCUT2D eigenvalue weighted by Gasteiger charge is 2.46. The van der Waals surface area contributed by atoms with Crippen molar-refractivity contribution in [2.45, 2.75) is 18.8 Å². The number of methoxy groups -OCH3 is 1. The normalized spacial score (nSPS) is 21.4. The summed E-state index contributed by atoms with van der Waals surface area (Å²) in [5.41, 5.74) is 1.63. The average Bonchev–Trinajstić information content (AvgIpc) is 3.56. The molecule has 2 aromatic carbocycles. The van der Waals surface area contributed by atoms with E-state index < -0.39 is 0 Å². The van der Waals surface area contributed by atoms with Crippen molar-refractivity contribution in [3.63, 3.8) is 0 Å². The second-order valence-corrected chi connectivity index (χ2v) is 8.05. The lowest BCUT2D eigenvalue weighted by molar-refractivity contribution is -0.132. The molecule has 2 fully saturated rings. The van der Waals surface area contributed by atoms with Gasteiger partial charge in [0.25, 0.3) is 5.91 Å². The number of hydrogen-bond donors (Lipinski definition) is 0. The minimum Gasteiger partial charge on any atom is -0.496 e. The molecule has 1 saturated carbocycles. The first-order valence-electron chi connectivity index (χ1n) is 10.1. The molecule has 6 heteroatoms. The quantitative estimate of drug-likeness (QED) is 0.766. The van der Waals surface area contributed by atoms with Crippen molar-refractivity contribution in [1.82, 2.24) is 9.80 Å². The van der Waals surface area contributed by atoms with Crippen molar-refractivity contribution in [2.24, 2.45) is 5.92 Å². The van der Waals surface area contributed by atoms with E-state index >= 15 is 0 Å². The molecule has 1 heterocycles. The summed E-state index contributed by atoms with van der Waals surface area (Å²) in [7, 11) is 1.57. The van der Waals surface area contributed by atoms with Gasteiger partial charge in [-0.05, 0) is 42.5 Å². The van der Waals surface area contributed by atoms with Gasteiger partial charge in [0.05, 0.1) is 12.7 Å². The molecule has 1 aliphatic carbocycles. The Balaban J connectivity index is 1.39. The van der Waals surface area contributed by atoms with Crippen LogP contribution in [0.15, 0.2) is 48.5 Å². The molecule has 0 N–H and O–H groups in total. The smallest absolute Gasteiger partial charge is 0.257 e. The van der Waals surface area contributed by atoms with Crippen LogP contribution in [-0.2, 0) is 4.79 Å². The molecule has 4 rings (SSSR count). The largest absolute Gasteiger partial charge is 0.496 e. The Morgan fingerprint density at radius 3 is 2.45 bits per heavy atom. The summed E-state index contributed by atoms with van der Waals surface area (Å²) in [6, 6.07) is 15.0. The van der Waals surface area contributed by atoms with Crippen LogP contribution in [-0.4, -0.2) is 54.9 Å². The molecule has 0 radical (unpaired) electrons. The van der Waals surface area contributed by atoms with Gasteiger partial charge in [0.1, 0.15) is 5.75 Å². The van der Waals surface area contributed by atoms with E-state index in [-0.39, 0.29) is 23.7 Å². The summed E-state index contributed by atoms with van der Waals surface area (Å²) < 4.78 is 5.33. The van der Waals surface area contributed by atoms with E-state index in [2.05, 4.69) is 0 Å². The minimum absolute atomic E-state index is 0.00590. The van der Waals surface area contributed by atoms with Crippen LogP contribution >= 0.6 is 11.6 Å². The second kappa shape index (κ2) is 8.46. The lowest BCUT2D eigenvalue weighted by Gasteiger charge is -2.23. The molecule has 0 aromatic heterocycles. The Morgan fingerprint density at radius 1 is 0.966 bits per heavy atom. The molecule has 152 valence electrons. The van der Waals surface area contributed by atoms with Crippen molar-refractivity contribution in [1.29, 1.82) is 0 Å². The minimum atomic E-state index is -0.0443. The Labute approximate surface area is 176 Å². The maximum atomic E-state index is 13.0. The van der Waals surface area contributed by atoms with Gasteiger partial charge in [0.15, 0.2) is 0 Å². The van der Waals surface area contributed by atoms with Crippen LogP contribution in [0.3, 0.4) is 0 Å². The van der Waals surface area contributed by atoms with Crippen LogP contribution in [0.5, 0.6) is 5.75 Å². The molecule has 1 saturated heterocycles. The van der Waals surface area contributed by atoms with Crippen molar-refractivity contribution >= 4 is 23.4 Å². The predicted molar refractivity (Wildman–Crippen MR) is 112 cm³/mol. The zero-order valence-electron chi connectivity index (χ0n) is 16.5.